The fourth-order valence-corrected chi connectivity index (χ4v) is 3.25. The van der Waals surface area contributed by atoms with Crippen molar-refractivity contribution in [1.29, 1.82) is 0 Å². The zero-order chi connectivity index (χ0) is 19.7. The van der Waals surface area contributed by atoms with Crippen molar-refractivity contribution in [2.24, 2.45) is 0 Å². The number of imidazole rings is 1. The molecule has 0 amide bonds. The highest BCUT2D eigenvalue weighted by Gasteiger charge is 2.18. The van der Waals surface area contributed by atoms with Crippen molar-refractivity contribution >= 4 is 11.0 Å². The Bertz CT molecular complexity index is 1190. The minimum Gasteiger partial charge on any atom is -0.493 e. The van der Waals surface area contributed by atoms with Gasteiger partial charge < -0.3 is 19.0 Å². The fourth-order valence-electron chi connectivity index (χ4n) is 3.25. The predicted octanol–water partition coefficient (Wildman–Crippen LogP) is 3.47. The molecule has 0 aliphatic carbocycles. The summed E-state index contributed by atoms with van der Waals surface area (Å²) >= 11 is 0. The Morgan fingerprint density at radius 3 is 2.79 bits per heavy atom. The molecule has 0 saturated carbocycles. The zero-order valence-electron chi connectivity index (χ0n) is 15.9. The van der Waals surface area contributed by atoms with Crippen LogP contribution in [0.4, 0.5) is 0 Å². The van der Waals surface area contributed by atoms with Crippen molar-refractivity contribution in [3.05, 3.63) is 46.9 Å². The Hall–Kier alpha value is -3.55. The van der Waals surface area contributed by atoms with E-state index in [0.29, 0.717) is 35.3 Å². The number of hydrogen-bond acceptors (Lipinski definition) is 6. The van der Waals surface area contributed by atoms with Crippen molar-refractivity contribution in [1.82, 2.24) is 19.7 Å². The lowest BCUT2D eigenvalue weighted by Crippen LogP contribution is -2.16. The molecule has 2 aromatic carbocycles. The third-order valence-electron chi connectivity index (χ3n) is 4.54. The number of aromatic nitrogens is 4. The highest BCUT2D eigenvalue weighted by molar-refractivity contribution is 5.81. The largest absolute Gasteiger partial charge is 0.493 e. The fraction of sp³-hybridized carbons (Fsp3) is 0.250. The summed E-state index contributed by atoms with van der Waals surface area (Å²) < 4.78 is 17.9. The number of hydrogen-bond donors (Lipinski definition) is 1. The molecule has 0 fully saturated rings. The van der Waals surface area contributed by atoms with Crippen molar-refractivity contribution in [3.8, 4) is 34.3 Å². The average molecular weight is 380 g/mol. The van der Waals surface area contributed by atoms with E-state index in [1.54, 1.807) is 24.9 Å². The van der Waals surface area contributed by atoms with E-state index in [9.17, 15) is 4.79 Å². The first-order valence-electron chi connectivity index (χ1n) is 8.94. The molecule has 4 aromatic rings. The van der Waals surface area contributed by atoms with Crippen LogP contribution in [0.2, 0.25) is 0 Å². The minimum absolute atomic E-state index is 0.121. The molecule has 0 saturated heterocycles. The third-order valence-corrected chi connectivity index (χ3v) is 4.54. The lowest BCUT2D eigenvalue weighted by atomic mass is 10.1. The van der Waals surface area contributed by atoms with E-state index in [-0.39, 0.29) is 5.69 Å². The normalized spacial score (nSPS) is 11.1. The van der Waals surface area contributed by atoms with Crippen LogP contribution in [0.3, 0.4) is 0 Å². The molecule has 0 atom stereocenters. The van der Waals surface area contributed by atoms with Gasteiger partial charge in [0.2, 0.25) is 5.82 Å². The summed E-state index contributed by atoms with van der Waals surface area (Å²) in [5.41, 5.74) is 2.86. The maximum Gasteiger partial charge on any atom is 0.326 e. The average Bonchev–Trinajstić information content (AvgIpc) is 3.32. The van der Waals surface area contributed by atoms with Gasteiger partial charge in [0, 0.05) is 12.1 Å². The van der Waals surface area contributed by atoms with E-state index in [1.807, 2.05) is 37.3 Å². The first-order chi connectivity index (χ1) is 13.7. The number of nitrogens with one attached hydrogen (secondary N) is 1. The van der Waals surface area contributed by atoms with Crippen LogP contribution in [0.25, 0.3) is 33.9 Å². The Labute approximate surface area is 160 Å². The second kappa shape index (κ2) is 7.22. The summed E-state index contributed by atoms with van der Waals surface area (Å²) in [4.78, 5) is 19.5. The van der Waals surface area contributed by atoms with Crippen molar-refractivity contribution in [2.75, 3.05) is 14.2 Å². The number of aryl methyl sites for hydroxylation is 1. The van der Waals surface area contributed by atoms with Gasteiger partial charge >= 0.3 is 5.69 Å². The number of para-hydroxylation sites is 1. The smallest absolute Gasteiger partial charge is 0.326 e. The predicted molar refractivity (Wildman–Crippen MR) is 105 cm³/mol. The van der Waals surface area contributed by atoms with Crippen LogP contribution in [0, 0.1) is 0 Å². The molecule has 2 aromatic heterocycles. The summed E-state index contributed by atoms with van der Waals surface area (Å²) in [5, 5.41) is 4.08. The lowest BCUT2D eigenvalue weighted by molar-refractivity contribution is 0.353. The van der Waals surface area contributed by atoms with E-state index < -0.39 is 0 Å². The summed E-state index contributed by atoms with van der Waals surface area (Å²) in [6.45, 7) is 2.70. The number of rotatable bonds is 6. The van der Waals surface area contributed by atoms with Crippen LogP contribution in [0.5, 0.6) is 11.5 Å². The maximum atomic E-state index is 12.1. The molecule has 0 unspecified atom stereocenters. The minimum atomic E-state index is -0.121. The molecule has 144 valence electrons. The van der Waals surface area contributed by atoms with Gasteiger partial charge in [-0.15, -0.1) is 0 Å². The number of H-pyrrole nitrogens is 1. The number of nitrogens with zero attached hydrogens (tertiary/aromatic N) is 3. The summed E-state index contributed by atoms with van der Waals surface area (Å²) in [7, 11) is 3.13. The quantitative estimate of drug-likeness (QED) is 0.550. The molecular weight excluding hydrogens is 360 g/mol. The van der Waals surface area contributed by atoms with Gasteiger partial charge in [-0.05, 0) is 36.8 Å². The highest BCUT2D eigenvalue weighted by Crippen LogP contribution is 2.37. The molecule has 0 spiro atoms. The molecular formula is C20H20N4O4. The second-order valence-corrected chi connectivity index (χ2v) is 6.28. The number of ether oxygens (including phenoxy) is 2. The number of benzene rings is 2. The molecule has 0 aliphatic rings. The molecule has 4 rings (SSSR count). The molecule has 0 aliphatic heterocycles. The Morgan fingerprint density at radius 1 is 1.18 bits per heavy atom. The van der Waals surface area contributed by atoms with Crippen LogP contribution in [0.1, 0.15) is 13.3 Å². The molecule has 8 nitrogen and oxygen atoms in total. The van der Waals surface area contributed by atoms with Crippen molar-refractivity contribution in [3.63, 3.8) is 0 Å². The Kier molecular flexibility index (Phi) is 4.60. The number of methoxy groups -OCH3 is 2. The first-order valence-corrected chi connectivity index (χ1v) is 8.94. The second-order valence-electron chi connectivity index (χ2n) is 6.28. The van der Waals surface area contributed by atoms with Gasteiger partial charge in [-0.3, -0.25) is 4.57 Å². The highest BCUT2D eigenvalue weighted by atomic mass is 16.5. The van der Waals surface area contributed by atoms with E-state index in [2.05, 4.69) is 15.1 Å². The van der Waals surface area contributed by atoms with Gasteiger partial charge in [0.15, 0.2) is 11.5 Å². The van der Waals surface area contributed by atoms with Crippen molar-refractivity contribution < 1.29 is 14.0 Å². The van der Waals surface area contributed by atoms with E-state index >= 15 is 0 Å². The van der Waals surface area contributed by atoms with Crippen LogP contribution in [0.15, 0.2) is 45.7 Å². The topological polar surface area (TPSA) is 95.2 Å². The SMILES string of the molecule is CCCn1c(=O)[nH]c2cc(-c3noc(-c4cccc(OC)c4OC)n3)ccc21. The Morgan fingerprint density at radius 2 is 2.04 bits per heavy atom. The van der Waals surface area contributed by atoms with E-state index in [4.69, 9.17) is 14.0 Å². The summed E-state index contributed by atoms with van der Waals surface area (Å²) in [6.07, 6.45) is 0.880. The monoisotopic (exact) mass is 380 g/mol. The van der Waals surface area contributed by atoms with E-state index in [0.717, 1.165) is 23.0 Å². The van der Waals surface area contributed by atoms with Gasteiger partial charge in [0.1, 0.15) is 0 Å². The number of fused-ring (bicyclic) bond motifs is 1. The van der Waals surface area contributed by atoms with Crippen LogP contribution < -0.4 is 15.2 Å². The standard InChI is InChI=1S/C20H20N4O4/c1-4-10-24-15-9-8-12(11-14(15)21-20(24)25)18-22-19(28-23-18)13-6-5-7-16(26-2)17(13)27-3/h5-9,11H,4,10H2,1-3H3,(H,21,25). The third kappa shape index (κ3) is 2.92. The first kappa shape index (κ1) is 17.8. The molecule has 0 radical (unpaired) electrons. The number of aromatic amines is 1. The Balaban J connectivity index is 1.75. The van der Waals surface area contributed by atoms with Gasteiger partial charge in [0.25, 0.3) is 5.89 Å². The maximum absolute atomic E-state index is 12.1. The molecule has 28 heavy (non-hydrogen) atoms. The van der Waals surface area contributed by atoms with E-state index in [1.165, 1.54) is 0 Å². The zero-order valence-corrected chi connectivity index (χ0v) is 15.9. The molecule has 2 heterocycles. The van der Waals surface area contributed by atoms with Crippen molar-refractivity contribution in [2.45, 2.75) is 19.9 Å². The molecule has 1 N–H and O–H groups in total. The van der Waals surface area contributed by atoms with Gasteiger partial charge in [-0.2, -0.15) is 4.98 Å². The van der Waals surface area contributed by atoms with Gasteiger partial charge in [-0.25, -0.2) is 4.79 Å². The van der Waals surface area contributed by atoms with Crippen LogP contribution in [-0.2, 0) is 6.54 Å². The summed E-state index contributed by atoms with van der Waals surface area (Å²) in [5.74, 6) is 1.85. The molecule has 0 bridgehead atoms. The summed E-state index contributed by atoms with van der Waals surface area (Å²) in [6, 6.07) is 11.1. The van der Waals surface area contributed by atoms with Crippen LogP contribution in [-0.4, -0.2) is 33.9 Å². The lowest BCUT2D eigenvalue weighted by Gasteiger charge is -2.09. The van der Waals surface area contributed by atoms with Gasteiger partial charge in [-0.1, -0.05) is 18.1 Å². The van der Waals surface area contributed by atoms with Gasteiger partial charge in [0.05, 0.1) is 30.8 Å². The molecule has 8 heteroatoms. The van der Waals surface area contributed by atoms with Crippen LogP contribution >= 0.6 is 0 Å².